The smallest absolute Gasteiger partial charge is 0.220 e. The summed E-state index contributed by atoms with van der Waals surface area (Å²) >= 11 is 0. The molecule has 0 bridgehead atoms. The van der Waals surface area contributed by atoms with E-state index in [4.69, 9.17) is 5.73 Å². The number of nitrogens with two attached hydrogens (primary N) is 1. The Morgan fingerprint density at radius 1 is 1.57 bits per heavy atom. The minimum Gasteiger partial charge on any atom is -0.356 e. The van der Waals surface area contributed by atoms with Crippen LogP contribution in [0.1, 0.15) is 20.3 Å². The number of hydrogen-bond acceptors (Lipinski definition) is 3. The van der Waals surface area contributed by atoms with Crippen molar-refractivity contribution in [3.05, 3.63) is 0 Å². The molecule has 0 fully saturated rings. The van der Waals surface area contributed by atoms with Crippen molar-refractivity contribution in [3.63, 3.8) is 0 Å². The van der Waals surface area contributed by atoms with Crippen molar-refractivity contribution in [1.29, 1.82) is 0 Å². The van der Waals surface area contributed by atoms with Crippen LogP contribution in [0.15, 0.2) is 0 Å². The summed E-state index contributed by atoms with van der Waals surface area (Å²) in [6.45, 7) is 5.01. The van der Waals surface area contributed by atoms with Crippen molar-refractivity contribution in [2.45, 2.75) is 20.3 Å². The molecular formula is C9H20N2O2S. The average molecular weight is 220 g/mol. The van der Waals surface area contributed by atoms with E-state index < -0.39 is 10.8 Å². The summed E-state index contributed by atoms with van der Waals surface area (Å²) in [5.41, 5.74) is 5.41. The highest BCUT2D eigenvalue weighted by molar-refractivity contribution is 7.85. The number of rotatable bonds is 7. The van der Waals surface area contributed by atoms with Crippen molar-refractivity contribution >= 4 is 16.7 Å². The maximum absolute atomic E-state index is 11.4. The molecular weight excluding hydrogens is 200 g/mol. The first-order valence-corrected chi connectivity index (χ1v) is 6.40. The van der Waals surface area contributed by atoms with E-state index >= 15 is 0 Å². The zero-order valence-electron chi connectivity index (χ0n) is 8.91. The van der Waals surface area contributed by atoms with E-state index in [0.29, 0.717) is 31.0 Å². The molecule has 0 heterocycles. The van der Waals surface area contributed by atoms with Crippen LogP contribution in [0.25, 0.3) is 0 Å². The van der Waals surface area contributed by atoms with Gasteiger partial charge in [0.25, 0.3) is 0 Å². The van der Waals surface area contributed by atoms with Crippen LogP contribution in [0.5, 0.6) is 0 Å². The van der Waals surface area contributed by atoms with Gasteiger partial charge in [-0.2, -0.15) is 0 Å². The van der Waals surface area contributed by atoms with Gasteiger partial charge in [0, 0.05) is 35.3 Å². The van der Waals surface area contributed by atoms with Crippen LogP contribution >= 0.6 is 0 Å². The second-order valence-corrected chi connectivity index (χ2v) is 4.98. The van der Waals surface area contributed by atoms with Crippen molar-refractivity contribution in [2.24, 2.45) is 11.7 Å². The zero-order valence-corrected chi connectivity index (χ0v) is 9.73. The molecule has 0 aromatic rings. The molecule has 0 radical (unpaired) electrons. The summed E-state index contributed by atoms with van der Waals surface area (Å²) < 4.78 is 11.4. The van der Waals surface area contributed by atoms with Gasteiger partial charge in [-0.1, -0.05) is 6.92 Å². The number of nitrogens with one attached hydrogen (secondary N) is 1. The molecule has 2 atom stereocenters. The molecule has 0 saturated heterocycles. The quantitative estimate of drug-likeness (QED) is 0.627. The second-order valence-electron chi connectivity index (χ2n) is 3.35. The number of carbonyl (C=O) groups is 1. The topological polar surface area (TPSA) is 72.2 Å². The monoisotopic (exact) mass is 220 g/mol. The maximum atomic E-state index is 11.4. The average Bonchev–Trinajstić information content (AvgIpc) is 2.15. The molecule has 0 aliphatic carbocycles. The van der Waals surface area contributed by atoms with E-state index in [9.17, 15) is 9.00 Å². The number of hydrogen-bond donors (Lipinski definition) is 2. The molecule has 0 aliphatic heterocycles. The van der Waals surface area contributed by atoms with Crippen molar-refractivity contribution in [3.8, 4) is 0 Å². The standard InChI is InChI=1S/C9H20N2O2S/c1-3-11-9(12)4-5-14(13)7-8(2)6-10/h8H,3-7,10H2,1-2H3,(H,11,12). The van der Waals surface area contributed by atoms with Gasteiger partial charge in [-0.3, -0.25) is 9.00 Å². The van der Waals surface area contributed by atoms with E-state index in [1.807, 2.05) is 13.8 Å². The number of carbonyl (C=O) groups excluding carboxylic acids is 1. The van der Waals surface area contributed by atoms with Gasteiger partial charge in [-0.25, -0.2) is 0 Å². The highest BCUT2D eigenvalue weighted by Gasteiger charge is 2.08. The predicted octanol–water partition coefficient (Wildman–Crippen LogP) is -0.144. The maximum Gasteiger partial charge on any atom is 0.220 e. The van der Waals surface area contributed by atoms with Gasteiger partial charge in [-0.05, 0) is 19.4 Å². The molecule has 14 heavy (non-hydrogen) atoms. The molecule has 2 unspecified atom stereocenters. The van der Waals surface area contributed by atoms with Gasteiger partial charge in [0.1, 0.15) is 0 Å². The normalized spacial score (nSPS) is 14.8. The summed E-state index contributed by atoms with van der Waals surface area (Å²) in [6, 6.07) is 0. The highest BCUT2D eigenvalue weighted by Crippen LogP contribution is 1.97. The zero-order chi connectivity index (χ0) is 11.0. The SMILES string of the molecule is CCNC(=O)CCS(=O)CC(C)CN. The lowest BCUT2D eigenvalue weighted by molar-refractivity contribution is -0.120. The first kappa shape index (κ1) is 13.6. The predicted molar refractivity (Wildman–Crippen MR) is 59.4 cm³/mol. The third-order valence-corrected chi connectivity index (χ3v) is 3.40. The van der Waals surface area contributed by atoms with E-state index in [1.54, 1.807) is 0 Å². The summed E-state index contributed by atoms with van der Waals surface area (Å²) in [4.78, 5) is 11.0. The molecule has 3 N–H and O–H groups in total. The van der Waals surface area contributed by atoms with Gasteiger partial charge in [0.2, 0.25) is 5.91 Å². The van der Waals surface area contributed by atoms with Gasteiger partial charge in [0.15, 0.2) is 0 Å². The molecule has 1 amide bonds. The molecule has 4 nitrogen and oxygen atoms in total. The molecule has 0 rings (SSSR count). The van der Waals surface area contributed by atoms with E-state index in [2.05, 4.69) is 5.32 Å². The minimum atomic E-state index is -0.915. The third kappa shape index (κ3) is 7.03. The van der Waals surface area contributed by atoms with Crippen LogP contribution in [0.2, 0.25) is 0 Å². The first-order chi connectivity index (χ1) is 6.60. The van der Waals surface area contributed by atoms with Crippen molar-refractivity contribution < 1.29 is 9.00 Å². The Morgan fingerprint density at radius 3 is 2.71 bits per heavy atom. The van der Waals surface area contributed by atoms with Gasteiger partial charge < -0.3 is 11.1 Å². The molecule has 0 spiro atoms. The van der Waals surface area contributed by atoms with Gasteiger partial charge in [0.05, 0.1) is 0 Å². The minimum absolute atomic E-state index is 0.0266. The fourth-order valence-corrected chi connectivity index (χ4v) is 2.31. The van der Waals surface area contributed by atoms with Crippen LogP contribution in [-0.2, 0) is 15.6 Å². The Bertz CT molecular complexity index is 197. The fraction of sp³-hybridized carbons (Fsp3) is 0.889. The van der Waals surface area contributed by atoms with Crippen LogP contribution in [-0.4, -0.2) is 34.7 Å². The summed E-state index contributed by atoms with van der Waals surface area (Å²) in [5.74, 6) is 1.28. The number of amides is 1. The highest BCUT2D eigenvalue weighted by atomic mass is 32.2. The van der Waals surface area contributed by atoms with Crippen LogP contribution in [0.3, 0.4) is 0 Å². The Kier molecular flexibility index (Phi) is 7.70. The van der Waals surface area contributed by atoms with E-state index in [-0.39, 0.29) is 11.8 Å². The van der Waals surface area contributed by atoms with Gasteiger partial charge >= 0.3 is 0 Å². The molecule has 0 aromatic carbocycles. The molecule has 5 heteroatoms. The third-order valence-electron chi connectivity index (χ3n) is 1.80. The van der Waals surface area contributed by atoms with Crippen LogP contribution < -0.4 is 11.1 Å². The lowest BCUT2D eigenvalue weighted by Gasteiger charge is -2.07. The largest absolute Gasteiger partial charge is 0.356 e. The Balaban J connectivity index is 3.58. The first-order valence-electron chi connectivity index (χ1n) is 4.91. The second kappa shape index (κ2) is 7.94. The van der Waals surface area contributed by atoms with Gasteiger partial charge in [-0.15, -0.1) is 0 Å². The lowest BCUT2D eigenvalue weighted by Crippen LogP contribution is -2.25. The van der Waals surface area contributed by atoms with E-state index in [0.717, 1.165) is 0 Å². The Morgan fingerprint density at radius 2 is 2.21 bits per heavy atom. The Hall–Kier alpha value is -0.420. The summed E-state index contributed by atoms with van der Waals surface area (Å²) in [7, 11) is -0.915. The van der Waals surface area contributed by atoms with Crippen LogP contribution in [0.4, 0.5) is 0 Å². The molecule has 0 aromatic heterocycles. The fourth-order valence-electron chi connectivity index (χ4n) is 0.961. The summed E-state index contributed by atoms with van der Waals surface area (Å²) in [5, 5.41) is 2.67. The van der Waals surface area contributed by atoms with E-state index in [1.165, 1.54) is 0 Å². The van der Waals surface area contributed by atoms with Crippen molar-refractivity contribution in [1.82, 2.24) is 5.32 Å². The molecule has 0 saturated carbocycles. The van der Waals surface area contributed by atoms with Crippen molar-refractivity contribution in [2.75, 3.05) is 24.6 Å². The molecule has 84 valence electrons. The molecule has 0 aliphatic rings. The Labute approximate surface area is 88.1 Å². The summed E-state index contributed by atoms with van der Waals surface area (Å²) in [6.07, 6.45) is 0.345. The lowest BCUT2D eigenvalue weighted by atomic mass is 10.2. The van der Waals surface area contributed by atoms with Crippen LogP contribution in [0, 0.1) is 5.92 Å².